The molecule has 4 heteroatoms. The van der Waals surface area contributed by atoms with Crippen molar-refractivity contribution in [3.05, 3.63) is 12.2 Å². The minimum atomic E-state index is 0.309. The summed E-state index contributed by atoms with van der Waals surface area (Å²) in [5.41, 5.74) is 0.570. The van der Waals surface area contributed by atoms with Gasteiger partial charge in [0.15, 0.2) is 0 Å². The average molecular weight is 347 g/mol. The second kappa shape index (κ2) is 9.84. The third kappa shape index (κ3) is 5.90. The first kappa shape index (κ1) is 19.1. The molecule has 3 aliphatic heterocycles. The molecule has 2 saturated heterocycles. The van der Waals surface area contributed by atoms with Gasteiger partial charge in [0.1, 0.15) is 6.17 Å². The van der Waals surface area contributed by atoms with Crippen molar-refractivity contribution >= 4 is 6.21 Å². The third-order valence-electron chi connectivity index (χ3n) is 6.55. The molecular formula is C21H38N4. The van der Waals surface area contributed by atoms with Gasteiger partial charge in [-0.05, 0) is 88.7 Å². The van der Waals surface area contributed by atoms with Gasteiger partial charge in [0, 0.05) is 19.2 Å². The standard InChI is InChI=1S/C21H38N4/c1-2-8-21(9-15-24-20-5-3-4-12-23-20)10-16-25(17-11-21)18-19-6-13-22-14-7-19/h3-4,12,19-20,22,24H,2,5-11,13-18H2,1H3. The van der Waals surface area contributed by atoms with E-state index in [4.69, 9.17) is 0 Å². The number of aliphatic imine (C=N–C) groups is 1. The van der Waals surface area contributed by atoms with Crippen LogP contribution < -0.4 is 10.6 Å². The van der Waals surface area contributed by atoms with Gasteiger partial charge < -0.3 is 10.2 Å². The number of rotatable bonds is 8. The Morgan fingerprint density at radius 2 is 2.00 bits per heavy atom. The first-order valence-electron chi connectivity index (χ1n) is 10.6. The lowest BCUT2D eigenvalue weighted by molar-refractivity contribution is 0.0716. The number of nitrogens with one attached hydrogen (secondary N) is 2. The zero-order valence-corrected chi connectivity index (χ0v) is 16.2. The predicted octanol–water partition coefficient (Wildman–Crippen LogP) is 3.20. The van der Waals surface area contributed by atoms with Gasteiger partial charge in [0.05, 0.1) is 0 Å². The van der Waals surface area contributed by atoms with Crippen LogP contribution in [0.25, 0.3) is 0 Å². The summed E-state index contributed by atoms with van der Waals surface area (Å²) in [5.74, 6) is 0.929. The van der Waals surface area contributed by atoms with Crippen LogP contribution in [-0.4, -0.2) is 56.5 Å². The van der Waals surface area contributed by atoms with E-state index < -0.39 is 0 Å². The molecule has 0 aromatic carbocycles. The number of hydrogen-bond acceptors (Lipinski definition) is 4. The number of hydrogen-bond donors (Lipinski definition) is 2. The molecule has 0 bridgehead atoms. The molecule has 0 saturated carbocycles. The van der Waals surface area contributed by atoms with Crippen LogP contribution in [0.15, 0.2) is 17.1 Å². The molecule has 2 fully saturated rings. The van der Waals surface area contributed by atoms with Crippen molar-refractivity contribution in [2.45, 2.75) is 64.5 Å². The summed E-state index contributed by atoms with van der Waals surface area (Å²) in [4.78, 5) is 7.28. The highest BCUT2D eigenvalue weighted by molar-refractivity contribution is 5.72. The van der Waals surface area contributed by atoms with Crippen LogP contribution in [0.4, 0.5) is 0 Å². The number of dihydropyridines is 1. The van der Waals surface area contributed by atoms with Crippen LogP contribution in [0.1, 0.15) is 58.3 Å². The van der Waals surface area contributed by atoms with E-state index in [1.54, 1.807) is 0 Å². The molecule has 4 nitrogen and oxygen atoms in total. The summed E-state index contributed by atoms with van der Waals surface area (Å²) < 4.78 is 0. The molecule has 0 aliphatic carbocycles. The lowest BCUT2D eigenvalue weighted by atomic mass is 9.72. The van der Waals surface area contributed by atoms with Gasteiger partial charge in [0.25, 0.3) is 0 Å². The summed E-state index contributed by atoms with van der Waals surface area (Å²) in [6.07, 6.45) is 17.1. The van der Waals surface area contributed by atoms with E-state index in [0.717, 1.165) is 18.9 Å². The molecule has 3 aliphatic rings. The minimum Gasteiger partial charge on any atom is -0.317 e. The maximum Gasteiger partial charge on any atom is 0.103 e. The minimum absolute atomic E-state index is 0.309. The lowest BCUT2D eigenvalue weighted by Gasteiger charge is -2.43. The molecule has 0 aromatic rings. The van der Waals surface area contributed by atoms with Crippen molar-refractivity contribution in [2.24, 2.45) is 16.3 Å². The van der Waals surface area contributed by atoms with Crippen molar-refractivity contribution in [1.82, 2.24) is 15.5 Å². The lowest BCUT2D eigenvalue weighted by Crippen LogP contribution is -2.44. The van der Waals surface area contributed by atoms with Crippen LogP contribution in [0.3, 0.4) is 0 Å². The highest BCUT2D eigenvalue weighted by Gasteiger charge is 2.34. The largest absolute Gasteiger partial charge is 0.317 e. The molecule has 3 rings (SSSR count). The fourth-order valence-electron chi connectivity index (χ4n) is 4.92. The van der Waals surface area contributed by atoms with E-state index in [0.29, 0.717) is 11.6 Å². The zero-order chi connectivity index (χ0) is 17.4. The van der Waals surface area contributed by atoms with Crippen molar-refractivity contribution < 1.29 is 0 Å². The van der Waals surface area contributed by atoms with Gasteiger partial charge in [-0.25, -0.2) is 0 Å². The summed E-state index contributed by atoms with van der Waals surface area (Å²) in [6, 6.07) is 0. The number of nitrogens with zero attached hydrogens (tertiary/aromatic N) is 2. The number of piperidine rings is 2. The topological polar surface area (TPSA) is 39.7 Å². The van der Waals surface area contributed by atoms with Crippen LogP contribution in [0.5, 0.6) is 0 Å². The Morgan fingerprint density at radius 1 is 1.20 bits per heavy atom. The van der Waals surface area contributed by atoms with Gasteiger partial charge in [-0.1, -0.05) is 19.4 Å². The van der Waals surface area contributed by atoms with Crippen LogP contribution in [0, 0.1) is 11.3 Å². The summed E-state index contributed by atoms with van der Waals surface area (Å²) in [7, 11) is 0. The van der Waals surface area contributed by atoms with Crippen molar-refractivity contribution in [3.8, 4) is 0 Å². The van der Waals surface area contributed by atoms with E-state index in [2.05, 4.69) is 39.6 Å². The Hall–Kier alpha value is -0.710. The second-order valence-electron chi connectivity index (χ2n) is 8.43. The molecule has 1 unspecified atom stereocenters. The van der Waals surface area contributed by atoms with Gasteiger partial charge in [-0.2, -0.15) is 0 Å². The maximum atomic E-state index is 4.52. The quantitative estimate of drug-likeness (QED) is 0.709. The Morgan fingerprint density at radius 3 is 2.68 bits per heavy atom. The van der Waals surface area contributed by atoms with Crippen LogP contribution >= 0.6 is 0 Å². The number of likely N-dealkylation sites (tertiary alicyclic amines) is 1. The van der Waals surface area contributed by atoms with E-state index in [-0.39, 0.29) is 0 Å². The van der Waals surface area contributed by atoms with Gasteiger partial charge >= 0.3 is 0 Å². The summed E-state index contributed by atoms with van der Waals surface area (Å²) in [5, 5.41) is 7.15. The molecule has 142 valence electrons. The van der Waals surface area contributed by atoms with Crippen LogP contribution in [0.2, 0.25) is 0 Å². The fraction of sp³-hybridized carbons (Fsp3) is 0.857. The fourth-order valence-corrected chi connectivity index (χ4v) is 4.92. The highest BCUT2D eigenvalue weighted by atomic mass is 15.1. The highest BCUT2D eigenvalue weighted by Crippen LogP contribution is 2.39. The molecule has 3 heterocycles. The monoisotopic (exact) mass is 346 g/mol. The summed E-state index contributed by atoms with van der Waals surface area (Å²) in [6.45, 7) is 9.89. The zero-order valence-electron chi connectivity index (χ0n) is 16.2. The molecule has 1 atom stereocenters. The average Bonchev–Trinajstić information content (AvgIpc) is 2.66. The molecule has 25 heavy (non-hydrogen) atoms. The predicted molar refractivity (Wildman–Crippen MR) is 107 cm³/mol. The maximum absolute atomic E-state index is 4.52. The second-order valence-corrected chi connectivity index (χ2v) is 8.43. The molecular weight excluding hydrogens is 308 g/mol. The van der Waals surface area contributed by atoms with Crippen LogP contribution in [-0.2, 0) is 0 Å². The van der Waals surface area contributed by atoms with Crippen molar-refractivity contribution in [2.75, 3.05) is 39.3 Å². The molecule has 0 radical (unpaired) electrons. The van der Waals surface area contributed by atoms with Gasteiger partial charge in [-0.3, -0.25) is 10.3 Å². The molecule has 0 amide bonds. The van der Waals surface area contributed by atoms with E-state index in [1.165, 1.54) is 77.7 Å². The molecule has 2 N–H and O–H groups in total. The van der Waals surface area contributed by atoms with E-state index in [9.17, 15) is 0 Å². The molecule has 0 spiro atoms. The molecule has 0 aromatic heterocycles. The van der Waals surface area contributed by atoms with Crippen molar-refractivity contribution in [3.63, 3.8) is 0 Å². The Labute approximate surface area is 154 Å². The third-order valence-corrected chi connectivity index (χ3v) is 6.55. The smallest absolute Gasteiger partial charge is 0.103 e. The van der Waals surface area contributed by atoms with E-state index >= 15 is 0 Å². The van der Waals surface area contributed by atoms with Gasteiger partial charge in [0.2, 0.25) is 0 Å². The van der Waals surface area contributed by atoms with Gasteiger partial charge in [-0.15, -0.1) is 0 Å². The first-order valence-corrected chi connectivity index (χ1v) is 10.6. The first-order chi connectivity index (χ1) is 12.3. The SMILES string of the molecule is CCCC1(CCNC2CC=CC=N2)CCN(CC2CCNCC2)CC1. The Kier molecular flexibility index (Phi) is 7.50. The van der Waals surface area contributed by atoms with Crippen molar-refractivity contribution in [1.29, 1.82) is 0 Å². The van der Waals surface area contributed by atoms with E-state index in [1.807, 2.05) is 6.21 Å². The Bertz CT molecular complexity index is 431. The number of allylic oxidation sites excluding steroid dienone is 1. The Balaban J connectivity index is 1.41. The summed E-state index contributed by atoms with van der Waals surface area (Å²) >= 11 is 0. The normalized spacial score (nSPS) is 27.6.